The molecule has 5 atom stereocenters. The van der Waals surface area contributed by atoms with Crippen LogP contribution in [0.1, 0.15) is 77.5 Å². The lowest BCUT2D eigenvalue weighted by atomic mass is 9.44. The normalized spacial score (nSPS) is 40.3. The van der Waals surface area contributed by atoms with E-state index in [0.717, 1.165) is 19.3 Å². The van der Waals surface area contributed by atoms with E-state index in [1.165, 1.54) is 54.3 Å². The van der Waals surface area contributed by atoms with Gasteiger partial charge in [-0.2, -0.15) is 0 Å². The molecule has 2 saturated carbocycles. The molecule has 7 rings (SSSR count). The Hall–Kier alpha value is -1.54. The van der Waals surface area contributed by atoms with E-state index in [1.807, 2.05) is 0 Å². The van der Waals surface area contributed by atoms with Crippen molar-refractivity contribution < 1.29 is 5.11 Å². The smallest absolute Gasteiger partial charge is 0.0639 e. The van der Waals surface area contributed by atoms with Crippen molar-refractivity contribution in [2.75, 3.05) is 0 Å². The molecule has 1 aromatic heterocycles. The van der Waals surface area contributed by atoms with Crippen molar-refractivity contribution in [3.8, 4) is 0 Å². The van der Waals surface area contributed by atoms with Crippen LogP contribution in [0.15, 0.2) is 35.4 Å². The van der Waals surface area contributed by atoms with E-state index in [1.54, 1.807) is 11.1 Å². The Balaban J connectivity index is 1.63. The van der Waals surface area contributed by atoms with Crippen LogP contribution in [0.4, 0.5) is 0 Å². The molecule has 2 nitrogen and oxygen atoms in total. The molecule has 5 aliphatic rings. The molecular weight excluding hydrogens is 366 g/mol. The second-order valence-electron chi connectivity index (χ2n) is 11.6. The van der Waals surface area contributed by atoms with Crippen LogP contribution in [0.2, 0.25) is 0 Å². The average Bonchev–Trinajstić information content (AvgIpc) is 2.98. The number of aromatic nitrogens is 1. The van der Waals surface area contributed by atoms with Crippen LogP contribution in [0.3, 0.4) is 0 Å². The number of aromatic amines is 1. The molecule has 30 heavy (non-hydrogen) atoms. The van der Waals surface area contributed by atoms with Gasteiger partial charge in [-0.25, -0.2) is 0 Å². The highest BCUT2D eigenvalue weighted by atomic mass is 16.3. The first-order chi connectivity index (χ1) is 14.3. The van der Waals surface area contributed by atoms with Crippen LogP contribution < -0.4 is 0 Å². The van der Waals surface area contributed by atoms with Crippen LogP contribution in [0.25, 0.3) is 10.9 Å². The molecule has 0 radical (unpaired) electrons. The quantitative estimate of drug-likeness (QED) is 0.519. The summed E-state index contributed by atoms with van der Waals surface area (Å²) >= 11 is 0. The zero-order valence-electron chi connectivity index (χ0n) is 19.1. The minimum atomic E-state index is -0.182. The monoisotopic (exact) mass is 403 g/mol. The Morgan fingerprint density at radius 3 is 2.57 bits per heavy atom. The average molecular weight is 404 g/mol. The third-order valence-corrected chi connectivity index (χ3v) is 10.8. The van der Waals surface area contributed by atoms with E-state index in [0.29, 0.717) is 17.3 Å². The van der Waals surface area contributed by atoms with Gasteiger partial charge in [-0.1, -0.05) is 57.0 Å². The van der Waals surface area contributed by atoms with Crippen LogP contribution >= 0.6 is 0 Å². The van der Waals surface area contributed by atoms with Crippen LogP contribution in [0, 0.1) is 28.1 Å². The summed E-state index contributed by atoms with van der Waals surface area (Å²) in [4.78, 5) is 3.79. The van der Waals surface area contributed by atoms with Crippen molar-refractivity contribution in [3.63, 3.8) is 0 Å². The molecule has 2 bridgehead atoms. The molecule has 0 amide bonds. The van der Waals surface area contributed by atoms with Crippen LogP contribution in [0.5, 0.6) is 0 Å². The second-order valence-corrected chi connectivity index (χ2v) is 11.6. The van der Waals surface area contributed by atoms with Gasteiger partial charge in [0.05, 0.1) is 6.10 Å². The summed E-state index contributed by atoms with van der Waals surface area (Å²) in [5, 5.41) is 13.1. The fourth-order valence-electron chi connectivity index (χ4n) is 8.75. The highest BCUT2D eigenvalue weighted by Gasteiger charge is 2.65. The van der Waals surface area contributed by atoms with Gasteiger partial charge in [-0.15, -0.1) is 0 Å². The lowest BCUT2D eigenvalue weighted by Crippen LogP contribution is -2.57. The van der Waals surface area contributed by atoms with E-state index in [-0.39, 0.29) is 16.9 Å². The molecule has 1 aromatic carbocycles. The molecule has 2 aromatic rings. The fourth-order valence-corrected chi connectivity index (χ4v) is 8.75. The number of H-pyrrole nitrogens is 1. The van der Waals surface area contributed by atoms with Gasteiger partial charge in [-0.3, -0.25) is 0 Å². The molecule has 1 spiro atoms. The van der Waals surface area contributed by atoms with Gasteiger partial charge in [0.1, 0.15) is 0 Å². The zero-order chi connectivity index (χ0) is 20.9. The van der Waals surface area contributed by atoms with Gasteiger partial charge in [0.15, 0.2) is 0 Å². The number of hydrogen-bond acceptors (Lipinski definition) is 1. The van der Waals surface area contributed by atoms with Crippen molar-refractivity contribution in [2.45, 2.75) is 85.2 Å². The van der Waals surface area contributed by atoms with Gasteiger partial charge in [0, 0.05) is 28.4 Å². The summed E-state index contributed by atoms with van der Waals surface area (Å²) in [5.41, 5.74) is 8.13. The van der Waals surface area contributed by atoms with Crippen molar-refractivity contribution in [3.05, 3.63) is 46.7 Å². The topological polar surface area (TPSA) is 36.0 Å². The van der Waals surface area contributed by atoms with Gasteiger partial charge >= 0.3 is 0 Å². The molecule has 2 N–H and O–H groups in total. The zero-order valence-corrected chi connectivity index (χ0v) is 19.1. The number of allylic oxidation sites excluding steroid dienone is 1. The Labute approximate surface area is 181 Å². The summed E-state index contributed by atoms with van der Waals surface area (Å²) in [6.45, 7) is 9.95. The maximum atomic E-state index is 11.7. The first-order valence-electron chi connectivity index (χ1n) is 12.3. The summed E-state index contributed by atoms with van der Waals surface area (Å²) < 4.78 is 0. The van der Waals surface area contributed by atoms with E-state index in [9.17, 15) is 5.11 Å². The van der Waals surface area contributed by atoms with Gasteiger partial charge in [-0.05, 0) is 79.2 Å². The Kier molecular flexibility index (Phi) is 3.85. The predicted molar refractivity (Wildman–Crippen MR) is 123 cm³/mol. The Morgan fingerprint density at radius 2 is 1.77 bits per heavy atom. The van der Waals surface area contributed by atoms with Crippen LogP contribution in [-0.2, 0) is 12.8 Å². The van der Waals surface area contributed by atoms with Gasteiger partial charge in [0.2, 0.25) is 0 Å². The number of aliphatic hydroxyl groups is 1. The van der Waals surface area contributed by atoms with E-state index < -0.39 is 0 Å². The molecule has 0 aliphatic heterocycles. The summed E-state index contributed by atoms with van der Waals surface area (Å²) in [6.07, 6.45) is 9.09. The molecule has 5 aliphatic carbocycles. The number of aliphatic hydroxyl groups excluding tert-OH is 1. The van der Waals surface area contributed by atoms with Gasteiger partial charge in [0.25, 0.3) is 0 Å². The molecule has 2 heteroatoms. The minimum absolute atomic E-state index is 0.0229. The lowest BCUT2D eigenvalue weighted by Gasteiger charge is -2.61. The largest absolute Gasteiger partial charge is 0.392 e. The fraction of sp³-hybridized carbons (Fsp3) is 0.643. The van der Waals surface area contributed by atoms with Gasteiger partial charge < -0.3 is 10.1 Å². The molecular formula is C28H37NO. The molecule has 2 fully saturated rings. The standard InChI is InChI=1S/C28H37NO/c1-17(2)27-12-11-26(4)18(3)9-10-25(30)28(26,14-13-27)22-15-20-19-7-5-6-8-23(19)29-24(20)16-21(22)27/h5-8,17-18,25,29-30H,9-16H2,1-4H3/t18-,25+,26+,27-,28-/m1/s1. The van der Waals surface area contributed by atoms with E-state index in [2.05, 4.69) is 56.9 Å². The first kappa shape index (κ1) is 19.2. The Morgan fingerprint density at radius 1 is 1.00 bits per heavy atom. The number of nitrogens with one attached hydrogen (secondary N) is 1. The number of fused-ring (bicyclic) bond motifs is 5. The van der Waals surface area contributed by atoms with E-state index in [4.69, 9.17) is 0 Å². The summed E-state index contributed by atoms with van der Waals surface area (Å²) in [6, 6.07) is 8.84. The predicted octanol–water partition coefficient (Wildman–Crippen LogP) is 6.58. The summed E-state index contributed by atoms with van der Waals surface area (Å²) in [7, 11) is 0. The lowest BCUT2D eigenvalue weighted by molar-refractivity contribution is -0.118. The highest BCUT2D eigenvalue weighted by molar-refractivity contribution is 5.85. The number of hydrogen-bond donors (Lipinski definition) is 2. The van der Waals surface area contributed by atoms with Crippen molar-refractivity contribution in [2.24, 2.45) is 28.1 Å². The SMILES string of the molecule is CC(C)[C@@]12CC[C@@]3(C)[C@H](C)CC[C@H](O)[C@@]3(CC1)C1=C2Cc2[nH]c3ccccc3c2C1. The number of rotatable bonds is 1. The second kappa shape index (κ2) is 6.03. The Bertz CT molecular complexity index is 1060. The highest BCUT2D eigenvalue weighted by Crippen LogP contribution is 2.72. The molecule has 0 unspecified atom stereocenters. The molecule has 0 saturated heterocycles. The number of para-hydroxylation sites is 1. The van der Waals surface area contributed by atoms with Crippen molar-refractivity contribution in [1.82, 2.24) is 4.98 Å². The third kappa shape index (κ3) is 2.05. The maximum absolute atomic E-state index is 11.7. The van der Waals surface area contributed by atoms with Crippen molar-refractivity contribution >= 4 is 10.9 Å². The third-order valence-electron chi connectivity index (χ3n) is 10.8. The molecule has 1 heterocycles. The molecule has 160 valence electrons. The summed E-state index contributed by atoms with van der Waals surface area (Å²) in [5.74, 6) is 1.34. The first-order valence-corrected chi connectivity index (χ1v) is 12.3. The van der Waals surface area contributed by atoms with Crippen LogP contribution in [-0.4, -0.2) is 16.2 Å². The number of benzene rings is 1. The maximum Gasteiger partial charge on any atom is 0.0639 e. The van der Waals surface area contributed by atoms with E-state index >= 15 is 0 Å². The van der Waals surface area contributed by atoms with Crippen molar-refractivity contribution in [1.29, 1.82) is 0 Å². The minimum Gasteiger partial charge on any atom is -0.392 e.